The molecular weight excluding hydrogens is 639 g/mol. The smallest absolute Gasteiger partial charge is 0.227 e. The Bertz CT molecular complexity index is 3020. The molecule has 0 fully saturated rings. The lowest BCUT2D eigenvalue weighted by atomic mass is 10.0. The van der Waals surface area contributed by atoms with Crippen molar-refractivity contribution in [1.29, 1.82) is 0 Å². The number of furan rings is 1. The number of rotatable bonds is 5. The lowest BCUT2D eigenvalue weighted by Crippen LogP contribution is -2.11. The van der Waals surface area contributed by atoms with Crippen LogP contribution in [0.15, 0.2) is 167 Å². The first-order chi connectivity index (χ1) is 25.8. The summed E-state index contributed by atoms with van der Waals surface area (Å²) in [6.07, 6.45) is 6.35. The molecule has 3 heterocycles. The fourth-order valence-corrected chi connectivity index (χ4v) is 8.09. The van der Waals surface area contributed by atoms with Crippen molar-refractivity contribution in [3.63, 3.8) is 0 Å². The summed E-state index contributed by atoms with van der Waals surface area (Å²) in [6.45, 7) is 0. The minimum absolute atomic E-state index is 0.605. The van der Waals surface area contributed by atoms with Crippen molar-refractivity contribution in [3.05, 3.63) is 169 Å². The van der Waals surface area contributed by atoms with Crippen molar-refractivity contribution < 1.29 is 8.83 Å². The molecule has 0 saturated carbocycles. The zero-order valence-corrected chi connectivity index (χ0v) is 28.2. The molecule has 246 valence electrons. The SMILES string of the molecule is C1=Cc2c(oc3cc(N(c4ccc5c6ccccc6n(-c6ccccc6)c5c4)c4cc5oc(-c6ccccc6)nc5c5ccccc45)ccc23)CC1. The van der Waals surface area contributed by atoms with Crippen LogP contribution in [-0.2, 0) is 6.42 Å². The van der Waals surface area contributed by atoms with Gasteiger partial charge in [-0.2, -0.15) is 0 Å². The summed E-state index contributed by atoms with van der Waals surface area (Å²) < 4.78 is 15.5. The Balaban J connectivity index is 1.20. The number of aromatic nitrogens is 2. The van der Waals surface area contributed by atoms with Crippen LogP contribution in [0.5, 0.6) is 0 Å². The first kappa shape index (κ1) is 28.9. The van der Waals surface area contributed by atoms with Gasteiger partial charge in [-0.1, -0.05) is 97.1 Å². The van der Waals surface area contributed by atoms with Crippen molar-refractivity contribution in [1.82, 2.24) is 9.55 Å². The molecule has 52 heavy (non-hydrogen) atoms. The van der Waals surface area contributed by atoms with Crippen LogP contribution in [0, 0.1) is 0 Å². The second-order valence-electron chi connectivity index (χ2n) is 13.5. The van der Waals surface area contributed by atoms with Crippen LogP contribution >= 0.6 is 0 Å². The highest BCUT2D eigenvalue weighted by Crippen LogP contribution is 2.46. The van der Waals surface area contributed by atoms with Crippen LogP contribution in [0.4, 0.5) is 17.1 Å². The van der Waals surface area contributed by atoms with E-state index in [4.69, 9.17) is 13.8 Å². The quantitative estimate of drug-likeness (QED) is 0.183. The van der Waals surface area contributed by atoms with Crippen LogP contribution in [0.2, 0.25) is 0 Å². The zero-order chi connectivity index (χ0) is 34.2. The molecule has 0 unspecified atom stereocenters. The summed E-state index contributed by atoms with van der Waals surface area (Å²) in [5, 5.41) is 5.67. The predicted molar refractivity (Wildman–Crippen MR) is 213 cm³/mol. The fraction of sp³-hybridized carbons (Fsp3) is 0.0426. The molecule has 0 amide bonds. The Morgan fingerprint density at radius 3 is 2.10 bits per heavy atom. The third-order valence-corrected chi connectivity index (χ3v) is 10.4. The van der Waals surface area contributed by atoms with Gasteiger partial charge in [-0.05, 0) is 61.0 Å². The van der Waals surface area contributed by atoms with Gasteiger partial charge in [0.2, 0.25) is 5.89 Å². The predicted octanol–water partition coefficient (Wildman–Crippen LogP) is 12.9. The average molecular weight is 670 g/mol. The molecule has 11 rings (SSSR count). The van der Waals surface area contributed by atoms with Crippen LogP contribution < -0.4 is 4.90 Å². The molecule has 5 heteroatoms. The van der Waals surface area contributed by atoms with Crippen molar-refractivity contribution in [2.75, 3.05) is 4.90 Å². The normalized spacial score (nSPS) is 12.8. The third kappa shape index (κ3) is 4.39. The molecule has 1 aliphatic rings. The second-order valence-corrected chi connectivity index (χ2v) is 13.5. The molecule has 0 atom stereocenters. The van der Waals surface area contributed by atoms with E-state index in [1.54, 1.807) is 0 Å². The molecular formula is C47H31N3O2. The number of aryl methyl sites for hydroxylation is 1. The lowest BCUT2D eigenvalue weighted by Gasteiger charge is -2.27. The minimum Gasteiger partial charge on any atom is -0.460 e. The number of nitrogens with zero attached hydrogens (tertiary/aromatic N) is 3. The maximum Gasteiger partial charge on any atom is 0.227 e. The number of para-hydroxylation sites is 2. The maximum absolute atomic E-state index is 6.57. The van der Waals surface area contributed by atoms with Gasteiger partial charge < -0.3 is 18.3 Å². The molecule has 10 aromatic rings. The van der Waals surface area contributed by atoms with Crippen LogP contribution in [0.3, 0.4) is 0 Å². The fourth-order valence-electron chi connectivity index (χ4n) is 8.09. The highest BCUT2D eigenvalue weighted by molar-refractivity contribution is 6.14. The van der Waals surface area contributed by atoms with Gasteiger partial charge in [-0.25, -0.2) is 4.98 Å². The largest absolute Gasteiger partial charge is 0.460 e. The van der Waals surface area contributed by atoms with E-state index in [1.807, 2.05) is 30.3 Å². The van der Waals surface area contributed by atoms with Gasteiger partial charge in [-0.3, -0.25) is 0 Å². The number of anilines is 3. The van der Waals surface area contributed by atoms with Gasteiger partial charge in [-0.15, -0.1) is 0 Å². The summed E-state index contributed by atoms with van der Waals surface area (Å²) in [7, 11) is 0. The number of fused-ring (bicyclic) bond motifs is 9. The van der Waals surface area contributed by atoms with Crippen LogP contribution in [0.1, 0.15) is 17.7 Å². The molecule has 0 radical (unpaired) electrons. The highest BCUT2D eigenvalue weighted by atomic mass is 16.3. The Kier molecular flexibility index (Phi) is 6.31. The Labute approximate surface area is 299 Å². The molecule has 1 aliphatic carbocycles. The van der Waals surface area contributed by atoms with Gasteiger partial charge >= 0.3 is 0 Å². The van der Waals surface area contributed by atoms with E-state index in [9.17, 15) is 0 Å². The van der Waals surface area contributed by atoms with E-state index in [0.717, 1.165) is 85.3 Å². The third-order valence-electron chi connectivity index (χ3n) is 10.4. The number of benzene rings is 7. The second kappa shape index (κ2) is 11.3. The summed E-state index contributed by atoms with van der Waals surface area (Å²) in [4.78, 5) is 7.38. The molecule has 0 saturated heterocycles. The van der Waals surface area contributed by atoms with Crippen LogP contribution in [0.25, 0.3) is 77.9 Å². The van der Waals surface area contributed by atoms with Crippen LogP contribution in [-0.4, -0.2) is 9.55 Å². The maximum atomic E-state index is 6.57. The lowest BCUT2D eigenvalue weighted by molar-refractivity contribution is 0.546. The van der Waals surface area contributed by atoms with Crippen molar-refractivity contribution in [2.45, 2.75) is 12.8 Å². The van der Waals surface area contributed by atoms with Gasteiger partial charge in [0.15, 0.2) is 5.58 Å². The molecule has 0 aliphatic heterocycles. The Morgan fingerprint density at radius 2 is 1.25 bits per heavy atom. The number of hydrogen-bond donors (Lipinski definition) is 0. The summed E-state index contributed by atoms with van der Waals surface area (Å²) in [6, 6.07) is 53.4. The molecule has 5 nitrogen and oxygen atoms in total. The first-order valence-electron chi connectivity index (χ1n) is 17.8. The molecule has 0 N–H and O–H groups in total. The van der Waals surface area contributed by atoms with Gasteiger partial charge in [0, 0.05) is 73.7 Å². The zero-order valence-electron chi connectivity index (χ0n) is 28.2. The van der Waals surface area contributed by atoms with Gasteiger partial charge in [0.1, 0.15) is 16.9 Å². The van der Waals surface area contributed by atoms with E-state index in [2.05, 4.69) is 143 Å². The van der Waals surface area contributed by atoms with E-state index in [1.165, 1.54) is 21.9 Å². The van der Waals surface area contributed by atoms with Crippen molar-refractivity contribution >= 4 is 77.8 Å². The molecule has 0 bridgehead atoms. The van der Waals surface area contributed by atoms with E-state index in [0.29, 0.717) is 5.89 Å². The first-order valence-corrected chi connectivity index (χ1v) is 17.8. The van der Waals surface area contributed by atoms with Crippen molar-refractivity contribution in [3.8, 4) is 17.1 Å². The molecule has 3 aromatic heterocycles. The van der Waals surface area contributed by atoms with E-state index < -0.39 is 0 Å². The minimum atomic E-state index is 0.605. The van der Waals surface area contributed by atoms with Crippen molar-refractivity contribution in [2.24, 2.45) is 0 Å². The highest BCUT2D eigenvalue weighted by Gasteiger charge is 2.24. The van der Waals surface area contributed by atoms with Gasteiger partial charge in [0.25, 0.3) is 0 Å². The van der Waals surface area contributed by atoms with Gasteiger partial charge in [0.05, 0.1) is 16.7 Å². The molecule has 7 aromatic carbocycles. The molecule has 0 spiro atoms. The number of oxazole rings is 1. The number of hydrogen-bond acceptors (Lipinski definition) is 4. The Morgan fingerprint density at radius 1 is 0.558 bits per heavy atom. The Hall–Kier alpha value is -6.85. The average Bonchev–Trinajstić information content (AvgIpc) is 3.90. The monoisotopic (exact) mass is 669 g/mol. The van der Waals surface area contributed by atoms with E-state index in [-0.39, 0.29) is 0 Å². The van der Waals surface area contributed by atoms with E-state index >= 15 is 0 Å². The number of allylic oxidation sites excluding steroid dienone is 1. The standard InChI is InChI=1S/C47H31N3O2/c1-3-13-30(14-4-1)47-48-46-39-20-8-7-18-35(39)42(29-45(46)52-47)49(33-24-26-38-37-19-10-12-22-43(37)51-44(38)28-33)32-23-25-36-34-17-9-11-21-40(34)50(41(36)27-32)31-15-5-2-6-16-31/h1-11,13-21,23-29H,12,22H2. The summed E-state index contributed by atoms with van der Waals surface area (Å²) >= 11 is 0. The summed E-state index contributed by atoms with van der Waals surface area (Å²) in [5.41, 5.74) is 11.0. The topological polar surface area (TPSA) is 47.3 Å². The summed E-state index contributed by atoms with van der Waals surface area (Å²) in [5.74, 6) is 1.66.